The van der Waals surface area contributed by atoms with Crippen LogP contribution in [-0.2, 0) is 15.4 Å². The van der Waals surface area contributed by atoms with Crippen LogP contribution in [-0.4, -0.2) is 36.6 Å². The Morgan fingerprint density at radius 3 is 2.78 bits per heavy atom. The smallest absolute Gasteiger partial charge is 0.246 e. The van der Waals surface area contributed by atoms with Gasteiger partial charge in [-0.25, -0.2) is 8.42 Å². The third-order valence-corrected chi connectivity index (χ3v) is 4.96. The van der Waals surface area contributed by atoms with E-state index in [0.29, 0.717) is 18.1 Å². The summed E-state index contributed by atoms with van der Waals surface area (Å²) in [5.74, 6) is 1.25. The molecule has 1 saturated heterocycles. The number of rotatable bonds is 4. The van der Waals surface area contributed by atoms with Crippen LogP contribution in [0.25, 0.3) is 0 Å². The fourth-order valence-corrected chi connectivity index (χ4v) is 3.91. The van der Waals surface area contributed by atoms with E-state index in [1.165, 1.54) is 0 Å². The highest BCUT2D eigenvalue weighted by Crippen LogP contribution is 2.28. The van der Waals surface area contributed by atoms with Gasteiger partial charge in [0.1, 0.15) is 0 Å². The molecule has 0 spiro atoms. The second-order valence-corrected chi connectivity index (χ2v) is 7.44. The van der Waals surface area contributed by atoms with Crippen LogP contribution < -0.4 is 5.32 Å². The summed E-state index contributed by atoms with van der Waals surface area (Å²) < 4.78 is 28.1. The fourth-order valence-electron chi connectivity index (χ4n) is 2.17. The molecule has 1 aromatic heterocycles. The van der Waals surface area contributed by atoms with E-state index < -0.39 is 15.4 Å². The van der Waals surface area contributed by atoms with E-state index in [-0.39, 0.29) is 17.4 Å². The maximum Gasteiger partial charge on any atom is 0.246 e. The van der Waals surface area contributed by atoms with Crippen molar-refractivity contribution in [2.45, 2.75) is 38.6 Å². The largest absolute Gasteiger partial charge is 0.337 e. The predicted octanol–water partition coefficient (Wildman–Crippen LogP) is 0.816. The van der Waals surface area contributed by atoms with Crippen LogP contribution in [0.2, 0.25) is 0 Å². The van der Waals surface area contributed by atoms with E-state index in [1.54, 1.807) is 0 Å². The molecule has 0 aliphatic carbocycles. The first-order valence-electron chi connectivity index (χ1n) is 6.13. The normalized spacial score (nSPS) is 23.4. The average Bonchev–Trinajstić information content (AvgIpc) is 2.84. The Kier molecular flexibility index (Phi) is 3.46. The van der Waals surface area contributed by atoms with Crippen LogP contribution in [0.3, 0.4) is 0 Å². The molecule has 1 aromatic rings. The minimum atomic E-state index is -2.92. The molecule has 0 saturated carbocycles. The minimum absolute atomic E-state index is 0.120. The number of nitrogens with zero attached hydrogens (tertiary/aromatic N) is 2. The second-order valence-electron chi connectivity index (χ2n) is 5.21. The lowest BCUT2D eigenvalue weighted by Crippen LogP contribution is -2.36. The topological polar surface area (TPSA) is 85.1 Å². The number of nitrogens with one attached hydrogen (secondary N) is 1. The zero-order chi connectivity index (χ0) is 13.4. The van der Waals surface area contributed by atoms with Crippen molar-refractivity contribution in [2.75, 3.05) is 18.1 Å². The summed E-state index contributed by atoms with van der Waals surface area (Å²) >= 11 is 0. The number of aromatic nitrogens is 2. The molecule has 1 unspecified atom stereocenters. The van der Waals surface area contributed by atoms with Crippen LogP contribution in [0.15, 0.2) is 4.52 Å². The zero-order valence-electron chi connectivity index (χ0n) is 10.9. The minimum Gasteiger partial charge on any atom is -0.337 e. The lowest BCUT2D eigenvalue weighted by molar-refractivity contribution is 0.270. The lowest BCUT2D eigenvalue weighted by atomic mass is 10.1. The first-order valence-corrected chi connectivity index (χ1v) is 7.96. The molecule has 1 aliphatic heterocycles. The average molecular weight is 273 g/mol. The van der Waals surface area contributed by atoms with E-state index >= 15 is 0 Å². The summed E-state index contributed by atoms with van der Waals surface area (Å²) in [4.78, 5) is 4.34. The third kappa shape index (κ3) is 2.72. The van der Waals surface area contributed by atoms with Gasteiger partial charge in [-0.15, -0.1) is 0 Å². The highest BCUT2D eigenvalue weighted by Gasteiger charge is 2.34. The van der Waals surface area contributed by atoms with Gasteiger partial charge >= 0.3 is 0 Å². The van der Waals surface area contributed by atoms with Crippen LogP contribution in [0, 0.1) is 0 Å². The molecule has 7 heteroatoms. The summed E-state index contributed by atoms with van der Waals surface area (Å²) in [6.45, 7) is 6.71. The van der Waals surface area contributed by atoms with Gasteiger partial charge in [0.25, 0.3) is 0 Å². The maximum absolute atomic E-state index is 11.4. The van der Waals surface area contributed by atoms with Crippen molar-refractivity contribution in [1.29, 1.82) is 0 Å². The number of hydrogen-bond acceptors (Lipinski definition) is 6. The first-order chi connectivity index (χ1) is 8.34. The van der Waals surface area contributed by atoms with E-state index in [0.717, 1.165) is 6.54 Å². The first kappa shape index (κ1) is 13.5. The summed E-state index contributed by atoms with van der Waals surface area (Å²) in [5.41, 5.74) is -0.391. The summed E-state index contributed by atoms with van der Waals surface area (Å²) in [6, 6.07) is 0. The van der Waals surface area contributed by atoms with Crippen LogP contribution in [0.5, 0.6) is 0 Å². The predicted molar refractivity (Wildman–Crippen MR) is 67.0 cm³/mol. The van der Waals surface area contributed by atoms with Gasteiger partial charge in [-0.3, -0.25) is 0 Å². The highest BCUT2D eigenvalue weighted by molar-refractivity contribution is 7.91. The molecule has 0 bridgehead atoms. The second kappa shape index (κ2) is 4.62. The molecular formula is C11H19N3O3S. The Hall–Kier alpha value is -0.950. The zero-order valence-corrected chi connectivity index (χ0v) is 11.7. The lowest BCUT2D eigenvalue weighted by Gasteiger charge is -2.20. The summed E-state index contributed by atoms with van der Waals surface area (Å²) in [7, 11) is -2.92. The van der Waals surface area contributed by atoms with Crippen molar-refractivity contribution >= 4 is 9.84 Å². The molecule has 2 heterocycles. The summed E-state index contributed by atoms with van der Waals surface area (Å²) in [5, 5.41) is 7.17. The van der Waals surface area contributed by atoms with Crippen LogP contribution >= 0.6 is 0 Å². The standard InChI is InChI=1S/C11H19N3O3S/c1-4-12-11(2,3)10-13-9(14-17-10)8-5-6-18(15,16)7-8/h8,12H,4-7H2,1-3H3. The third-order valence-electron chi connectivity index (χ3n) is 3.19. The van der Waals surface area contributed by atoms with Gasteiger partial charge in [0.05, 0.1) is 17.0 Å². The van der Waals surface area contributed by atoms with E-state index in [9.17, 15) is 8.42 Å². The van der Waals surface area contributed by atoms with Gasteiger partial charge in [0, 0.05) is 5.92 Å². The Bertz CT molecular complexity index is 521. The quantitative estimate of drug-likeness (QED) is 0.874. The molecule has 1 fully saturated rings. The Morgan fingerprint density at radius 2 is 2.22 bits per heavy atom. The molecule has 0 radical (unpaired) electrons. The monoisotopic (exact) mass is 273 g/mol. The van der Waals surface area contributed by atoms with Crippen LogP contribution in [0.4, 0.5) is 0 Å². The Labute approximate surface area is 107 Å². The number of sulfone groups is 1. The molecule has 1 aliphatic rings. The van der Waals surface area contributed by atoms with E-state index in [1.807, 2.05) is 20.8 Å². The fraction of sp³-hybridized carbons (Fsp3) is 0.818. The van der Waals surface area contributed by atoms with Crippen molar-refractivity contribution in [2.24, 2.45) is 0 Å². The van der Waals surface area contributed by atoms with E-state index in [2.05, 4.69) is 15.5 Å². The summed E-state index contributed by atoms with van der Waals surface area (Å²) in [6.07, 6.45) is 0.586. The van der Waals surface area contributed by atoms with Crippen molar-refractivity contribution < 1.29 is 12.9 Å². The van der Waals surface area contributed by atoms with Gasteiger partial charge in [0.15, 0.2) is 15.7 Å². The van der Waals surface area contributed by atoms with Gasteiger partial charge in [-0.2, -0.15) is 4.98 Å². The van der Waals surface area contributed by atoms with Gasteiger partial charge in [0.2, 0.25) is 5.89 Å². The molecule has 18 heavy (non-hydrogen) atoms. The van der Waals surface area contributed by atoms with Gasteiger partial charge < -0.3 is 9.84 Å². The molecule has 102 valence electrons. The molecule has 0 aromatic carbocycles. The molecule has 0 amide bonds. The van der Waals surface area contributed by atoms with Crippen LogP contribution in [0.1, 0.15) is 44.8 Å². The van der Waals surface area contributed by atoms with Crippen molar-refractivity contribution in [3.8, 4) is 0 Å². The van der Waals surface area contributed by atoms with E-state index in [4.69, 9.17) is 4.52 Å². The highest BCUT2D eigenvalue weighted by atomic mass is 32.2. The Morgan fingerprint density at radius 1 is 1.50 bits per heavy atom. The molecule has 2 rings (SSSR count). The van der Waals surface area contributed by atoms with Crippen molar-refractivity contribution in [3.63, 3.8) is 0 Å². The van der Waals surface area contributed by atoms with Crippen molar-refractivity contribution in [3.05, 3.63) is 11.7 Å². The molecule has 6 nitrogen and oxygen atoms in total. The maximum atomic E-state index is 11.4. The molecule has 1 atom stereocenters. The van der Waals surface area contributed by atoms with Crippen molar-refractivity contribution in [1.82, 2.24) is 15.5 Å². The number of hydrogen-bond donors (Lipinski definition) is 1. The SMILES string of the molecule is CCNC(C)(C)c1nc(C2CCS(=O)(=O)C2)no1. The van der Waals surface area contributed by atoms with Gasteiger partial charge in [-0.1, -0.05) is 12.1 Å². The van der Waals surface area contributed by atoms with Gasteiger partial charge in [-0.05, 0) is 26.8 Å². The Balaban J connectivity index is 2.16. The molecule has 1 N–H and O–H groups in total. The molecular weight excluding hydrogens is 254 g/mol.